The predicted molar refractivity (Wildman–Crippen MR) is 88.3 cm³/mol. The number of hydrogen-bond donors (Lipinski definition) is 1. The number of hydrogen-bond acceptors (Lipinski definition) is 5. The molecule has 0 spiro atoms. The molecule has 1 amide bonds. The molecule has 4 rings (SSSR count). The molecule has 1 unspecified atom stereocenters. The van der Waals surface area contributed by atoms with Crippen LogP contribution >= 0.6 is 0 Å². The average molecular weight is 317 g/mol. The van der Waals surface area contributed by atoms with E-state index in [0.717, 1.165) is 49.1 Å². The molecule has 6 heteroatoms. The molecule has 124 valence electrons. The Labute approximate surface area is 136 Å². The maximum Gasteiger partial charge on any atom is 0.249 e. The van der Waals surface area contributed by atoms with Crippen LogP contribution in [0.25, 0.3) is 0 Å². The summed E-state index contributed by atoms with van der Waals surface area (Å²) < 4.78 is 10.9. The summed E-state index contributed by atoms with van der Waals surface area (Å²) in [6.45, 7) is 6.08. The lowest BCUT2D eigenvalue weighted by Gasteiger charge is -2.36. The van der Waals surface area contributed by atoms with E-state index in [1.165, 1.54) is 19.3 Å². The van der Waals surface area contributed by atoms with E-state index in [4.69, 9.17) is 9.47 Å². The van der Waals surface area contributed by atoms with Gasteiger partial charge in [0.05, 0.1) is 11.4 Å². The van der Waals surface area contributed by atoms with Crippen molar-refractivity contribution < 1.29 is 14.3 Å². The average Bonchev–Trinajstić information content (AvgIpc) is 3.02. The highest BCUT2D eigenvalue weighted by atomic mass is 16.7. The maximum atomic E-state index is 12.6. The van der Waals surface area contributed by atoms with E-state index in [-0.39, 0.29) is 18.7 Å². The molecule has 0 aromatic heterocycles. The third-order valence-electron chi connectivity index (χ3n) is 4.88. The lowest BCUT2D eigenvalue weighted by molar-refractivity contribution is -0.119. The number of rotatable bonds is 3. The van der Waals surface area contributed by atoms with Crippen LogP contribution in [0.3, 0.4) is 0 Å². The van der Waals surface area contributed by atoms with E-state index < -0.39 is 0 Å². The second-order valence-electron chi connectivity index (χ2n) is 6.48. The van der Waals surface area contributed by atoms with Crippen molar-refractivity contribution >= 4 is 17.3 Å². The largest absolute Gasteiger partial charge is 0.454 e. The normalized spacial score (nSPS) is 23.6. The molecule has 0 aliphatic carbocycles. The Morgan fingerprint density at radius 1 is 1.13 bits per heavy atom. The number of carbonyl (C=O) groups excluding carboxylic acids is 1. The fourth-order valence-corrected chi connectivity index (χ4v) is 3.57. The van der Waals surface area contributed by atoms with Crippen molar-refractivity contribution in [1.82, 2.24) is 4.90 Å². The van der Waals surface area contributed by atoms with E-state index in [2.05, 4.69) is 10.2 Å². The molecule has 1 saturated heterocycles. The minimum absolute atomic E-state index is 0.119. The van der Waals surface area contributed by atoms with E-state index in [9.17, 15) is 4.79 Å². The number of carbonyl (C=O) groups is 1. The van der Waals surface area contributed by atoms with Crippen LogP contribution in [0.4, 0.5) is 11.4 Å². The summed E-state index contributed by atoms with van der Waals surface area (Å²) in [4.78, 5) is 17.0. The van der Waals surface area contributed by atoms with E-state index in [1.807, 2.05) is 24.0 Å². The number of amides is 1. The zero-order chi connectivity index (χ0) is 15.8. The number of piperidine rings is 1. The minimum atomic E-state index is -0.218. The Morgan fingerprint density at radius 3 is 2.65 bits per heavy atom. The Morgan fingerprint density at radius 2 is 1.87 bits per heavy atom. The van der Waals surface area contributed by atoms with Gasteiger partial charge in [-0.25, -0.2) is 0 Å². The molecule has 1 aromatic rings. The number of benzene rings is 1. The lowest BCUT2D eigenvalue weighted by Crippen LogP contribution is -2.48. The summed E-state index contributed by atoms with van der Waals surface area (Å²) in [7, 11) is 0. The summed E-state index contributed by atoms with van der Waals surface area (Å²) in [6.07, 6.45) is 3.86. The minimum Gasteiger partial charge on any atom is -0.454 e. The van der Waals surface area contributed by atoms with Crippen LogP contribution in [0.5, 0.6) is 11.5 Å². The SMILES string of the molecule is CC1Nc2cc3c(cc2N(CCN2CCCCC2)C1=O)OCO3. The monoisotopic (exact) mass is 317 g/mol. The standard InChI is InChI=1S/C17H23N3O3/c1-12-17(21)20(8-7-19-5-3-2-4-6-19)14-10-16-15(22-11-23-16)9-13(14)18-12/h9-10,12,18H,2-8,11H2,1H3. The van der Waals surface area contributed by atoms with Gasteiger partial charge in [-0.1, -0.05) is 6.42 Å². The predicted octanol–water partition coefficient (Wildman–Crippen LogP) is 2.05. The van der Waals surface area contributed by atoms with E-state index in [0.29, 0.717) is 0 Å². The number of anilines is 2. The van der Waals surface area contributed by atoms with Crippen molar-refractivity contribution in [2.45, 2.75) is 32.2 Å². The number of nitrogens with zero attached hydrogens (tertiary/aromatic N) is 2. The van der Waals surface area contributed by atoms with Crippen LogP contribution < -0.4 is 19.7 Å². The summed E-state index contributed by atoms with van der Waals surface area (Å²) in [5, 5.41) is 3.27. The summed E-state index contributed by atoms with van der Waals surface area (Å²) in [6, 6.07) is 3.64. The highest BCUT2D eigenvalue weighted by Gasteiger charge is 2.32. The fraction of sp³-hybridized carbons (Fsp3) is 0.588. The molecule has 1 N–H and O–H groups in total. The van der Waals surface area contributed by atoms with Crippen molar-refractivity contribution in [2.24, 2.45) is 0 Å². The zero-order valence-electron chi connectivity index (χ0n) is 13.5. The van der Waals surface area contributed by atoms with Gasteiger partial charge in [-0.15, -0.1) is 0 Å². The summed E-state index contributed by atoms with van der Waals surface area (Å²) >= 11 is 0. The van der Waals surface area contributed by atoms with Gasteiger partial charge in [0, 0.05) is 25.2 Å². The number of fused-ring (bicyclic) bond motifs is 2. The molecule has 0 radical (unpaired) electrons. The van der Waals surface area contributed by atoms with Gasteiger partial charge in [-0.05, 0) is 32.9 Å². The highest BCUT2D eigenvalue weighted by molar-refractivity contribution is 6.05. The highest BCUT2D eigenvalue weighted by Crippen LogP contribution is 2.43. The molecule has 23 heavy (non-hydrogen) atoms. The second kappa shape index (κ2) is 5.92. The van der Waals surface area contributed by atoms with Gasteiger partial charge >= 0.3 is 0 Å². The first-order chi connectivity index (χ1) is 11.2. The van der Waals surface area contributed by atoms with Gasteiger partial charge in [0.15, 0.2) is 11.5 Å². The van der Waals surface area contributed by atoms with Crippen molar-refractivity contribution in [1.29, 1.82) is 0 Å². The molecule has 0 saturated carbocycles. The van der Waals surface area contributed by atoms with Crippen LogP contribution in [0, 0.1) is 0 Å². The van der Waals surface area contributed by atoms with Gasteiger partial charge in [0.1, 0.15) is 6.04 Å². The first kappa shape index (κ1) is 14.6. The van der Waals surface area contributed by atoms with Crippen molar-refractivity contribution in [3.63, 3.8) is 0 Å². The summed E-state index contributed by atoms with van der Waals surface area (Å²) in [5.41, 5.74) is 1.84. The molecule has 1 aromatic carbocycles. The molecule has 1 fully saturated rings. The molecule has 3 heterocycles. The van der Waals surface area contributed by atoms with E-state index in [1.54, 1.807) is 0 Å². The molecule has 3 aliphatic rings. The molecular formula is C17H23N3O3. The Bertz CT molecular complexity index is 613. The number of nitrogens with one attached hydrogen (secondary N) is 1. The quantitative estimate of drug-likeness (QED) is 0.925. The topological polar surface area (TPSA) is 54.0 Å². The fourth-order valence-electron chi connectivity index (χ4n) is 3.57. The van der Waals surface area contributed by atoms with Crippen molar-refractivity contribution in [3.05, 3.63) is 12.1 Å². The van der Waals surface area contributed by atoms with Gasteiger partial charge in [-0.2, -0.15) is 0 Å². The summed E-state index contributed by atoms with van der Waals surface area (Å²) in [5.74, 6) is 1.58. The van der Waals surface area contributed by atoms with Gasteiger partial charge in [0.25, 0.3) is 0 Å². The Balaban J connectivity index is 1.57. The maximum absolute atomic E-state index is 12.6. The second-order valence-corrected chi connectivity index (χ2v) is 6.48. The molecule has 3 aliphatic heterocycles. The number of likely N-dealkylation sites (tertiary alicyclic amines) is 1. The van der Waals surface area contributed by atoms with Crippen LogP contribution in [-0.2, 0) is 4.79 Å². The number of ether oxygens (including phenoxy) is 2. The first-order valence-electron chi connectivity index (χ1n) is 8.46. The lowest BCUT2D eigenvalue weighted by atomic mass is 10.1. The Kier molecular flexibility index (Phi) is 3.77. The van der Waals surface area contributed by atoms with Crippen LogP contribution in [-0.4, -0.2) is 49.8 Å². The van der Waals surface area contributed by atoms with Crippen molar-refractivity contribution in [3.8, 4) is 11.5 Å². The molecule has 1 atom stereocenters. The third kappa shape index (κ3) is 2.72. The van der Waals surface area contributed by atoms with Crippen LogP contribution in [0.1, 0.15) is 26.2 Å². The van der Waals surface area contributed by atoms with E-state index >= 15 is 0 Å². The van der Waals surface area contributed by atoms with Gasteiger partial charge in [-0.3, -0.25) is 4.79 Å². The van der Waals surface area contributed by atoms with Crippen molar-refractivity contribution in [2.75, 3.05) is 43.2 Å². The Hall–Kier alpha value is -1.95. The first-order valence-corrected chi connectivity index (χ1v) is 8.46. The van der Waals surface area contributed by atoms with Gasteiger partial charge in [0.2, 0.25) is 12.7 Å². The third-order valence-corrected chi connectivity index (χ3v) is 4.88. The van der Waals surface area contributed by atoms with Crippen LogP contribution in [0.2, 0.25) is 0 Å². The van der Waals surface area contributed by atoms with Crippen LogP contribution in [0.15, 0.2) is 12.1 Å². The molecule has 6 nitrogen and oxygen atoms in total. The molecular weight excluding hydrogens is 294 g/mol. The molecule has 0 bridgehead atoms. The van der Waals surface area contributed by atoms with Gasteiger partial charge < -0.3 is 24.6 Å². The smallest absolute Gasteiger partial charge is 0.249 e. The zero-order valence-corrected chi connectivity index (χ0v) is 13.5.